The number of methoxy groups -OCH3 is 1. The van der Waals surface area contributed by atoms with Crippen LogP contribution in [0.3, 0.4) is 0 Å². The molecule has 0 radical (unpaired) electrons. The number of allylic oxidation sites excluding steroid dienone is 2. The number of ether oxygens (including phenoxy) is 2. The van der Waals surface area contributed by atoms with Crippen LogP contribution in [0.1, 0.15) is 83.7 Å². The Kier molecular flexibility index (Phi) is 13.6. The number of esters is 1. The average molecular weight is 591 g/mol. The van der Waals surface area contributed by atoms with Gasteiger partial charge in [0.2, 0.25) is 0 Å². The van der Waals surface area contributed by atoms with E-state index in [0.717, 1.165) is 12.0 Å². The SMILES string of the molecule is C=CCc1cccc(OC)c1C(=O)O[C@@H](CCO[Si](C)(C)C(C)(C)C)C[C@@H](O[Si](C)(C)C(C)(C)C)[C@H](C)CC=C. The summed E-state index contributed by atoms with van der Waals surface area (Å²) in [7, 11) is -2.46. The van der Waals surface area contributed by atoms with E-state index in [1.165, 1.54) is 0 Å². The number of hydrogen-bond acceptors (Lipinski definition) is 5. The summed E-state index contributed by atoms with van der Waals surface area (Å²) >= 11 is 0. The molecule has 5 nitrogen and oxygen atoms in total. The van der Waals surface area contributed by atoms with Crippen molar-refractivity contribution in [1.82, 2.24) is 0 Å². The number of carbonyl (C=O) groups is 1. The molecular weight excluding hydrogens is 533 g/mol. The van der Waals surface area contributed by atoms with Gasteiger partial charge in [-0.25, -0.2) is 4.79 Å². The molecule has 0 heterocycles. The molecule has 0 N–H and O–H groups in total. The van der Waals surface area contributed by atoms with Gasteiger partial charge in [0.15, 0.2) is 16.6 Å². The van der Waals surface area contributed by atoms with Crippen LogP contribution in [0.4, 0.5) is 0 Å². The number of carbonyl (C=O) groups excluding carboxylic acids is 1. The van der Waals surface area contributed by atoms with Gasteiger partial charge in [-0.1, -0.05) is 72.8 Å². The van der Waals surface area contributed by atoms with Crippen LogP contribution in [0.2, 0.25) is 36.3 Å². The minimum Gasteiger partial charge on any atom is -0.496 e. The molecule has 0 aliphatic heterocycles. The van der Waals surface area contributed by atoms with Crippen molar-refractivity contribution >= 4 is 22.6 Å². The van der Waals surface area contributed by atoms with E-state index in [2.05, 4.69) is 87.8 Å². The van der Waals surface area contributed by atoms with Crippen molar-refractivity contribution in [2.45, 2.75) is 123 Å². The molecule has 0 saturated carbocycles. The fraction of sp³-hybridized carbons (Fsp3) is 0.667. The fourth-order valence-electron chi connectivity index (χ4n) is 4.03. The molecule has 1 aromatic carbocycles. The average Bonchev–Trinajstić information content (AvgIpc) is 2.81. The summed E-state index contributed by atoms with van der Waals surface area (Å²) in [5, 5.41) is 0.163. The monoisotopic (exact) mass is 590 g/mol. The predicted octanol–water partition coefficient (Wildman–Crippen LogP) is 9.35. The summed E-state index contributed by atoms with van der Waals surface area (Å²) in [5.74, 6) is 0.362. The van der Waals surface area contributed by atoms with E-state index in [4.69, 9.17) is 18.3 Å². The Hall–Kier alpha value is -1.68. The zero-order chi connectivity index (χ0) is 30.9. The van der Waals surface area contributed by atoms with Gasteiger partial charge in [0.05, 0.1) is 13.2 Å². The molecular formula is C33H58O5Si2. The van der Waals surface area contributed by atoms with E-state index in [0.29, 0.717) is 37.2 Å². The van der Waals surface area contributed by atoms with Gasteiger partial charge in [0.25, 0.3) is 0 Å². The van der Waals surface area contributed by atoms with E-state index in [1.54, 1.807) is 19.3 Å². The molecule has 0 fully saturated rings. The summed E-state index contributed by atoms with van der Waals surface area (Å²) < 4.78 is 25.4. The maximum Gasteiger partial charge on any atom is 0.342 e. The lowest BCUT2D eigenvalue weighted by Crippen LogP contribution is -2.46. The molecule has 0 aliphatic rings. The van der Waals surface area contributed by atoms with Gasteiger partial charge in [-0.05, 0) is 66.7 Å². The van der Waals surface area contributed by atoms with Crippen LogP contribution in [0.5, 0.6) is 5.75 Å². The van der Waals surface area contributed by atoms with Gasteiger partial charge in [0.1, 0.15) is 17.4 Å². The highest BCUT2D eigenvalue weighted by molar-refractivity contribution is 6.74. The zero-order valence-corrected chi connectivity index (χ0v) is 29.6. The van der Waals surface area contributed by atoms with Crippen molar-refractivity contribution in [3.05, 3.63) is 54.6 Å². The van der Waals surface area contributed by atoms with E-state index in [-0.39, 0.29) is 34.2 Å². The lowest BCUT2D eigenvalue weighted by Gasteiger charge is -2.42. The Morgan fingerprint density at radius 2 is 1.57 bits per heavy atom. The first-order chi connectivity index (χ1) is 18.3. The Morgan fingerprint density at radius 3 is 2.08 bits per heavy atom. The van der Waals surface area contributed by atoms with Crippen LogP contribution < -0.4 is 4.74 Å². The molecule has 1 aromatic rings. The van der Waals surface area contributed by atoms with Gasteiger partial charge in [0, 0.05) is 19.4 Å². The van der Waals surface area contributed by atoms with Gasteiger partial charge >= 0.3 is 5.97 Å². The normalized spacial score (nSPS) is 15.2. The Bertz CT molecular complexity index is 972. The molecule has 0 spiro atoms. The highest BCUT2D eigenvalue weighted by Gasteiger charge is 2.41. The van der Waals surface area contributed by atoms with E-state index in [1.807, 2.05) is 18.2 Å². The van der Waals surface area contributed by atoms with Crippen LogP contribution in [0, 0.1) is 5.92 Å². The van der Waals surface area contributed by atoms with Crippen molar-refractivity contribution in [3.63, 3.8) is 0 Å². The molecule has 7 heteroatoms. The summed E-state index contributed by atoms with van der Waals surface area (Å²) in [4.78, 5) is 13.8. The van der Waals surface area contributed by atoms with E-state index in [9.17, 15) is 4.79 Å². The van der Waals surface area contributed by atoms with Crippen molar-refractivity contribution in [3.8, 4) is 5.75 Å². The summed E-state index contributed by atoms with van der Waals surface area (Å²) in [6, 6.07) is 5.61. The van der Waals surface area contributed by atoms with Gasteiger partial charge in [-0.2, -0.15) is 0 Å². The third kappa shape index (κ3) is 10.3. The highest BCUT2D eigenvalue weighted by Crippen LogP contribution is 2.40. The molecule has 3 atom stereocenters. The largest absolute Gasteiger partial charge is 0.496 e. The first-order valence-electron chi connectivity index (χ1n) is 14.7. The van der Waals surface area contributed by atoms with Crippen LogP contribution in [0.15, 0.2) is 43.5 Å². The first kappa shape index (κ1) is 36.3. The molecule has 0 unspecified atom stereocenters. The summed E-state index contributed by atoms with van der Waals surface area (Å²) in [6.45, 7) is 33.1. The smallest absolute Gasteiger partial charge is 0.342 e. The molecule has 1 rings (SSSR count). The lowest BCUT2D eigenvalue weighted by atomic mass is 9.95. The van der Waals surface area contributed by atoms with Gasteiger partial charge in [-0.3, -0.25) is 0 Å². The minimum atomic E-state index is -2.08. The van der Waals surface area contributed by atoms with Crippen LogP contribution in [-0.2, 0) is 20.0 Å². The Labute approximate surface area is 248 Å². The van der Waals surface area contributed by atoms with Gasteiger partial charge < -0.3 is 18.3 Å². The quantitative estimate of drug-likeness (QED) is 0.109. The highest BCUT2D eigenvalue weighted by atomic mass is 28.4. The second-order valence-corrected chi connectivity index (χ2v) is 23.6. The number of hydrogen-bond donors (Lipinski definition) is 0. The van der Waals surface area contributed by atoms with Crippen LogP contribution >= 0.6 is 0 Å². The molecule has 0 aliphatic carbocycles. The molecule has 0 saturated heterocycles. The van der Waals surface area contributed by atoms with Crippen LogP contribution in [-0.4, -0.2) is 48.5 Å². The van der Waals surface area contributed by atoms with Gasteiger partial charge in [-0.15, -0.1) is 13.2 Å². The maximum atomic E-state index is 13.8. The van der Waals surface area contributed by atoms with Crippen LogP contribution in [0.25, 0.3) is 0 Å². The molecule has 0 amide bonds. The maximum absolute atomic E-state index is 13.8. The zero-order valence-electron chi connectivity index (χ0n) is 27.6. The lowest BCUT2D eigenvalue weighted by molar-refractivity contribution is 0.00205. The van der Waals surface area contributed by atoms with Crippen molar-refractivity contribution in [2.24, 2.45) is 5.92 Å². The Morgan fingerprint density at radius 1 is 0.975 bits per heavy atom. The van der Waals surface area contributed by atoms with E-state index >= 15 is 0 Å². The van der Waals surface area contributed by atoms with Crippen molar-refractivity contribution in [2.75, 3.05) is 13.7 Å². The first-order valence-corrected chi connectivity index (χ1v) is 20.5. The molecule has 0 aromatic heterocycles. The molecule has 40 heavy (non-hydrogen) atoms. The third-order valence-corrected chi connectivity index (χ3v) is 17.8. The number of rotatable bonds is 16. The molecule has 0 bridgehead atoms. The minimum absolute atomic E-state index is 0.0633. The van der Waals surface area contributed by atoms with Crippen molar-refractivity contribution in [1.29, 1.82) is 0 Å². The third-order valence-electron chi connectivity index (χ3n) is 8.80. The summed E-state index contributed by atoms with van der Waals surface area (Å²) in [5.41, 5.74) is 1.30. The number of benzene rings is 1. The second-order valence-electron chi connectivity index (χ2n) is 14.1. The summed E-state index contributed by atoms with van der Waals surface area (Å²) in [6.07, 6.45) is 5.86. The van der Waals surface area contributed by atoms with E-state index < -0.39 is 16.6 Å². The molecule has 228 valence electrons. The fourth-order valence-corrected chi connectivity index (χ4v) is 6.53. The second kappa shape index (κ2) is 15.0. The predicted molar refractivity (Wildman–Crippen MR) is 175 cm³/mol. The Balaban J connectivity index is 3.40. The van der Waals surface area contributed by atoms with Crippen molar-refractivity contribution < 1.29 is 23.1 Å². The topological polar surface area (TPSA) is 54.0 Å². The standard InChI is InChI=1S/C33H58O5Si2/c1-15-18-25(3)29(38-40(13,14)33(7,8)9)24-27(22-23-36-39(11,12)32(4,5)6)37-31(34)30-26(19-16-2)20-17-21-28(30)35-10/h15-17,20-21,25,27,29H,1-2,18-19,22-24H2,3-14H3/t25-,27+,29-/m1/s1.